The molecule has 226 valence electrons. The van der Waals surface area contributed by atoms with Crippen LogP contribution in [0, 0.1) is 0 Å². The van der Waals surface area contributed by atoms with Gasteiger partial charge in [-0.05, 0) is 55.8 Å². The third-order valence-corrected chi connectivity index (χ3v) is 8.45. The molecule has 1 saturated heterocycles. The maximum atomic E-state index is 12.0. The molecule has 3 aliphatic heterocycles. The summed E-state index contributed by atoms with van der Waals surface area (Å²) in [6, 6.07) is 14.4. The lowest BCUT2D eigenvalue weighted by Gasteiger charge is -2.47. The van der Waals surface area contributed by atoms with Crippen molar-refractivity contribution < 1.29 is 23.8 Å². The molecular formula is C32H43N5O5. The Hall–Kier alpha value is -3.60. The van der Waals surface area contributed by atoms with Crippen molar-refractivity contribution in [1.29, 1.82) is 0 Å². The Morgan fingerprint density at radius 1 is 0.929 bits per heavy atom. The van der Waals surface area contributed by atoms with Gasteiger partial charge in [-0.15, -0.1) is 0 Å². The van der Waals surface area contributed by atoms with Gasteiger partial charge in [-0.2, -0.15) is 0 Å². The Balaban J connectivity index is 1.21. The average molecular weight is 578 g/mol. The number of anilines is 1. The minimum Gasteiger partial charge on any atom is -0.497 e. The molecule has 2 aromatic rings. The average Bonchev–Trinajstić information content (AvgIpc) is 3.16. The Morgan fingerprint density at radius 3 is 2.52 bits per heavy atom. The van der Waals surface area contributed by atoms with Crippen molar-refractivity contribution in [2.75, 3.05) is 77.6 Å². The van der Waals surface area contributed by atoms with E-state index in [-0.39, 0.29) is 23.7 Å². The van der Waals surface area contributed by atoms with Crippen molar-refractivity contribution in [2.45, 2.75) is 31.4 Å². The summed E-state index contributed by atoms with van der Waals surface area (Å²) >= 11 is 0. The van der Waals surface area contributed by atoms with Crippen LogP contribution in [-0.2, 0) is 19.7 Å². The van der Waals surface area contributed by atoms with Crippen molar-refractivity contribution in [3.63, 3.8) is 0 Å². The van der Waals surface area contributed by atoms with Crippen LogP contribution in [0.2, 0.25) is 0 Å². The van der Waals surface area contributed by atoms with Crippen LogP contribution in [0.4, 0.5) is 5.69 Å². The highest BCUT2D eigenvalue weighted by Crippen LogP contribution is 2.54. The van der Waals surface area contributed by atoms with Crippen LogP contribution in [0.3, 0.4) is 0 Å². The lowest BCUT2D eigenvalue weighted by Crippen LogP contribution is -2.60. The molecule has 1 spiro atoms. The van der Waals surface area contributed by atoms with Crippen LogP contribution in [0.15, 0.2) is 48.5 Å². The number of ether oxygens (including phenoxy) is 3. The van der Waals surface area contributed by atoms with Crippen molar-refractivity contribution >= 4 is 23.6 Å². The fraction of sp³-hybridized carbons (Fsp3) is 0.500. The van der Waals surface area contributed by atoms with Crippen LogP contribution in [0.25, 0.3) is 6.08 Å². The molecule has 42 heavy (non-hydrogen) atoms. The Bertz CT molecular complexity index is 1300. The zero-order valence-corrected chi connectivity index (χ0v) is 24.9. The predicted molar refractivity (Wildman–Crippen MR) is 163 cm³/mol. The lowest BCUT2D eigenvalue weighted by molar-refractivity contribution is -0.129. The molecule has 3 aliphatic rings. The highest BCUT2D eigenvalue weighted by Gasteiger charge is 2.58. The third kappa shape index (κ3) is 6.25. The maximum absolute atomic E-state index is 12.0. The first-order valence-corrected chi connectivity index (χ1v) is 14.8. The molecule has 5 rings (SSSR count). The van der Waals surface area contributed by atoms with E-state index in [0.29, 0.717) is 45.9 Å². The Morgan fingerprint density at radius 2 is 1.69 bits per heavy atom. The first-order chi connectivity index (χ1) is 20.3. The van der Waals surface area contributed by atoms with Crippen molar-refractivity contribution in [3.8, 4) is 11.5 Å². The van der Waals surface area contributed by atoms with Gasteiger partial charge in [0.1, 0.15) is 17.9 Å². The number of para-hydroxylation sites is 1. The maximum Gasteiger partial charge on any atom is 0.229 e. The third-order valence-electron chi connectivity index (χ3n) is 8.45. The topological polar surface area (TPSA) is 104 Å². The monoisotopic (exact) mass is 577 g/mol. The molecule has 0 bridgehead atoms. The number of methoxy groups -OCH3 is 1. The summed E-state index contributed by atoms with van der Waals surface area (Å²) in [7, 11) is 1.67. The molecule has 1 atom stereocenters. The van der Waals surface area contributed by atoms with E-state index in [9.17, 15) is 9.59 Å². The summed E-state index contributed by atoms with van der Waals surface area (Å²) in [4.78, 5) is 28.4. The van der Waals surface area contributed by atoms with Crippen molar-refractivity contribution in [2.24, 2.45) is 0 Å². The molecule has 0 aromatic heterocycles. The summed E-state index contributed by atoms with van der Waals surface area (Å²) < 4.78 is 18.5. The lowest BCUT2D eigenvalue weighted by atomic mass is 9.76. The van der Waals surface area contributed by atoms with Crippen LogP contribution in [0.5, 0.6) is 11.5 Å². The SMILES string of the molecule is COc1ccc2c(c1)C=CC1(O2)N(CCOCCN2CCNCCNC(=O)CC(=O)NCC2)c2ccccc2C1(C)C. The van der Waals surface area contributed by atoms with Gasteiger partial charge in [-0.3, -0.25) is 14.5 Å². The molecule has 2 aromatic carbocycles. The van der Waals surface area contributed by atoms with Gasteiger partial charge in [0.2, 0.25) is 17.5 Å². The molecule has 0 radical (unpaired) electrons. The first kappa shape index (κ1) is 29.9. The van der Waals surface area contributed by atoms with E-state index in [2.05, 4.69) is 76.0 Å². The summed E-state index contributed by atoms with van der Waals surface area (Å²) in [6.07, 6.45) is 4.18. The fourth-order valence-corrected chi connectivity index (χ4v) is 6.06. The standard InChI is InChI=1S/C32H43N5O5/c1-31(2)26-6-4-5-7-27(26)37(32(31)11-10-24-22-25(40-3)8-9-28(24)42-32)19-21-41-20-18-36-16-14-33-12-13-34-29(38)23-30(39)35-15-17-36/h4-11,22,33H,12-21,23H2,1-3H3,(H,34,38)(H,35,39). The smallest absolute Gasteiger partial charge is 0.229 e. The molecular weight excluding hydrogens is 534 g/mol. The molecule has 2 amide bonds. The quantitative estimate of drug-likeness (QED) is 0.340. The second-order valence-corrected chi connectivity index (χ2v) is 11.4. The molecule has 0 aliphatic carbocycles. The van der Waals surface area contributed by atoms with Gasteiger partial charge < -0.3 is 35.1 Å². The largest absolute Gasteiger partial charge is 0.497 e. The summed E-state index contributed by atoms with van der Waals surface area (Å²) in [5.74, 6) is 1.13. The minimum absolute atomic E-state index is 0.139. The number of fused-ring (bicyclic) bond motifs is 2. The number of hydrogen-bond donors (Lipinski definition) is 3. The van der Waals surface area contributed by atoms with E-state index >= 15 is 0 Å². The number of hydrogen-bond acceptors (Lipinski definition) is 8. The number of nitrogens with zero attached hydrogens (tertiary/aromatic N) is 2. The molecule has 1 fully saturated rings. The van der Waals surface area contributed by atoms with Gasteiger partial charge in [0.25, 0.3) is 0 Å². The fourth-order valence-electron chi connectivity index (χ4n) is 6.06. The van der Waals surface area contributed by atoms with Gasteiger partial charge >= 0.3 is 0 Å². The number of carbonyl (C=O) groups excluding carboxylic acids is 2. The van der Waals surface area contributed by atoms with Crippen LogP contribution in [0.1, 0.15) is 31.4 Å². The zero-order valence-electron chi connectivity index (χ0n) is 24.9. The van der Waals surface area contributed by atoms with E-state index in [4.69, 9.17) is 14.2 Å². The molecule has 1 unspecified atom stereocenters. The second kappa shape index (κ2) is 13.1. The first-order valence-electron chi connectivity index (χ1n) is 14.8. The number of nitrogens with one attached hydrogen (secondary N) is 3. The number of rotatable bonds is 7. The molecule has 0 saturated carbocycles. The second-order valence-electron chi connectivity index (χ2n) is 11.4. The van der Waals surface area contributed by atoms with Crippen LogP contribution >= 0.6 is 0 Å². The summed E-state index contributed by atoms with van der Waals surface area (Å²) in [6.45, 7) is 11.0. The van der Waals surface area contributed by atoms with Crippen LogP contribution in [-0.4, -0.2) is 95.1 Å². The normalized spacial score (nSPS) is 22.6. The van der Waals surface area contributed by atoms with Gasteiger partial charge in [-0.25, -0.2) is 0 Å². The number of benzene rings is 2. The summed E-state index contributed by atoms with van der Waals surface area (Å²) in [5, 5.41) is 8.96. The van der Waals surface area contributed by atoms with Crippen molar-refractivity contribution in [1.82, 2.24) is 20.9 Å². The van der Waals surface area contributed by atoms with E-state index < -0.39 is 5.72 Å². The highest BCUT2D eigenvalue weighted by atomic mass is 16.5. The van der Waals surface area contributed by atoms with E-state index in [0.717, 1.165) is 42.4 Å². The van der Waals surface area contributed by atoms with Crippen LogP contribution < -0.4 is 30.3 Å². The number of carbonyl (C=O) groups is 2. The molecule has 10 heteroatoms. The molecule has 3 heterocycles. The van der Waals surface area contributed by atoms with E-state index in [1.54, 1.807) is 7.11 Å². The van der Waals surface area contributed by atoms with Gasteiger partial charge in [-0.1, -0.05) is 18.2 Å². The minimum atomic E-state index is -0.697. The van der Waals surface area contributed by atoms with Gasteiger partial charge in [0, 0.05) is 63.6 Å². The van der Waals surface area contributed by atoms with E-state index in [1.165, 1.54) is 5.56 Å². The predicted octanol–water partition coefficient (Wildman–Crippen LogP) is 2.14. The Labute approximate surface area is 248 Å². The molecule has 3 N–H and O–H groups in total. The van der Waals surface area contributed by atoms with Crippen molar-refractivity contribution in [3.05, 3.63) is 59.7 Å². The van der Waals surface area contributed by atoms with Gasteiger partial charge in [0.15, 0.2) is 0 Å². The zero-order chi connectivity index (χ0) is 29.6. The highest BCUT2D eigenvalue weighted by molar-refractivity contribution is 5.96. The molecule has 10 nitrogen and oxygen atoms in total. The van der Waals surface area contributed by atoms with E-state index in [1.807, 2.05) is 18.2 Å². The summed E-state index contributed by atoms with van der Waals surface area (Å²) in [5.41, 5.74) is 2.39. The Kier molecular flexibility index (Phi) is 9.35. The van der Waals surface area contributed by atoms with Gasteiger partial charge in [0.05, 0.1) is 25.7 Å². The number of amides is 2.